The van der Waals surface area contributed by atoms with Crippen molar-refractivity contribution in [1.29, 1.82) is 0 Å². The molecule has 4 aromatic rings. The fourth-order valence-electron chi connectivity index (χ4n) is 3.56. The molecule has 0 unspecified atom stereocenters. The van der Waals surface area contributed by atoms with E-state index in [0.29, 0.717) is 12.1 Å². The summed E-state index contributed by atoms with van der Waals surface area (Å²) in [7, 11) is 1.95. The Morgan fingerprint density at radius 3 is 2.41 bits per heavy atom. The summed E-state index contributed by atoms with van der Waals surface area (Å²) in [6.07, 6.45) is 2.46. The number of hydrogen-bond acceptors (Lipinski definition) is 6. The Kier molecular flexibility index (Phi) is 5.63. The molecule has 0 aliphatic carbocycles. The van der Waals surface area contributed by atoms with Gasteiger partial charge in [0.25, 0.3) is 5.69 Å². The minimum atomic E-state index is -0.670. The molecule has 3 aromatic carbocycles. The van der Waals surface area contributed by atoms with E-state index in [1.807, 2.05) is 72.4 Å². The van der Waals surface area contributed by atoms with Crippen molar-refractivity contribution in [3.8, 4) is 0 Å². The van der Waals surface area contributed by atoms with Crippen molar-refractivity contribution < 1.29 is 9.85 Å². The zero-order valence-electron chi connectivity index (χ0n) is 17.1. The van der Waals surface area contributed by atoms with Gasteiger partial charge in [-0.2, -0.15) is 5.10 Å². The third kappa shape index (κ3) is 4.17. The highest BCUT2D eigenvalue weighted by atomic mass is 16.6. The predicted molar refractivity (Wildman–Crippen MR) is 123 cm³/mol. The summed E-state index contributed by atoms with van der Waals surface area (Å²) >= 11 is 0. The number of para-hydroxylation sites is 1. The monoisotopic (exact) mass is 429 g/mol. The Morgan fingerprint density at radius 1 is 0.969 bits per heavy atom. The molecule has 160 valence electrons. The van der Waals surface area contributed by atoms with Gasteiger partial charge in [0.15, 0.2) is 0 Å². The van der Waals surface area contributed by atoms with Crippen LogP contribution in [0.2, 0.25) is 0 Å². The fraction of sp³-hybridized carbons (Fsp3) is 0.0870. The van der Waals surface area contributed by atoms with Gasteiger partial charge in [-0.25, -0.2) is 0 Å². The number of anilines is 1. The minimum Gasteiger partial charge on any atom is -0.350 e. The smallest absolute Gasteiger partial charge is 0.301 e. The number of aryl methyl sites for hydroxylation is 1. The zero-order chi connectivity index (χ0) is 22.7. The first kappa shape index (κ1) is 20.7. The van der Waals surface area contributed by atoms with E-state index in [0.717, 1.165) is 28.1 Å². The molecule has 0 amide bonds. The quantitative estimate of drug-likeness (QED) is 0.251. The molecule has 9 heteroatoms. The van der Waals surface area contributed by atoms with Crippen LogP contribution in [-0.2, 0) is 13.5 Å². The lowest BCUT2D eigenvalue weighted by atomic mass is 10.0. The Bertz CT molecular complexity index is 1350. The van der Waals surface area contributed by atoms with Gasteiger partial charge in [-0.3, -0.25) is 25.7 Å². The summed E-state index contributed by atoms with van der Waals surface area (Å²) in [4.78, 5) is 21.1. The molecule has 0 saturated heterocycles. The van der Waals surface area contributed by atoms with Crippen molar-refractivity contribution in [2.75, 3.05) is 5.43 Å². The minimum absolute atomic E-state index is 0.0754. The summed E-state index contributed by atoms with van der Waals surface area (Å²) < 4.78 is 2.00. The van der Waals surface area contributed by atoms with Crippen LogP contribution in [-0.4, -0.2) is 20.1 Å². The van der Waals surface area contributed by atoms with E-state index >= 15 is 0 Å². The topological polar surface area (TPSA) is 116 Å². The number of nitro groups is 2. The second-order valence-corrected chi connectivity index (χ2v) is 7.22. The maximum Gasteiger partial charge on any atom is 0.301 e. The molecule has 9 nitrogen and oxygen atoms in total. The largest absolute Gasteiger partial charge is 0.350 e. The maximum absolute atomic E-state index is 11.5. The number of hydrogen-bond donors (Lipinski definition) is 1. The molecule has 4 rings (SSSR count). The van der Waals surface area contributed by atoms with Gasteiger partial charge < -0.3 is 4.57 Å². The molecule has 0 radical (unpaired) electrons. The number of nitrogens with zero attached hydrogens (tertiary/aromatic N) is 4. The van der Waals surface area contributed by atoms with E-state index in [1.54, 1.807) is 0 Å². The molecule has 0 aliphatic heterocycles. The Labute approximate surface area is 182 Å². The van der Waals surface area contributed by atoms with E-state index in [4.69, 9.17) is 0 Å². The summed E-state index contributed by atoms with van der Waals surface area (Å²) in [6.45, 7) is 0. The second kappa shape index (κ2) is 8.68. The maximum atomic E-state index is 11.5. The van der Waals surface area contributed by atoms with Gasteiger partial charge in [0.2, 0.25) is 0 Å². The molecule has 1 N–H and O–H groups in total. The Balaban J connectivity index is 1.79. The number of fused-ring (bicyclic) bond motifs is 1. The molecule has 1 heterocycles. The highest BCUT2D eigenvalue weighted by Gasteiger charge is 2.20. The number of benzene rings is 3. The molecular weight excluding hydrogens is 410 g/mol. The van der Waals surface area contributed by atoms with E-state index in [2.05, 4.69) is 10.5 Å². The third-order valence-electron chi connectivity index (χ3n) is 5.12. The van der Waals surface area contributed by atoms with Crippen LogP contribution in [0, 0.1) is 20.2 Å². The van der Waals surface area contributed by atoms with Crippen molar-refractivity contribution >= 4 is 33.7 Å². The van der Waals surface area contributed by atoms with Crippen LogP contribution in [0.15, 0.2) is 84.1 Å². The highest BCUT2D eigenvalue weighted by molar-refractivity contribution is 6.12. The first-order chi connectivity index (χ1) is 15.4. The summed E-state index contributed by atoms with van der Waals surface area (Å²) in [5.74, 6) is 0. The number of nitrogens with one attached hydrogen (secondary N) is 1. The predicted octanol–water partition coefficient (Wildman–Crippen LogP) is 5.05. The van der Waals surface area contributed by atoms with Gasteiger partial charge in [0, 0.05) is 42.2 Å². The Morgan fingerprint density at radius 2 is 1.69 bits per heavy atom. The van der Waals surface area contributed by atoms with Crippen molar-refractivity contribution in [3.05, 3.63) is 110 Å². The summed E-state index contributed by atoms with van der Waals surface area (Å²) in [6, 6.07) is 21.1. The molecule has 0 fully saturated rings. The van der Waals surface area contributed by atoms with E-state index < -0.39 is 15.5 Å². The van der Waals surface area contributed by atoms with E-state index in [1.165, 1.54) is 12.1 Å². The normalized spacial score (nSPS) is 11.5. The number of rotatable bonds is 7. The van der Waals surface area contributed by atoms with Gasteiger partial charge in [0.05, 0.1) is 21.6 Å². The van der Waals surface area contributed by atoms with Crippen molar-refractivity contribution in [2.45, 2.75) is 6.42 Å². The lowest BCUT2D eigenvalue weighted by Crippen LogP contribution is -2.09. The lowest BCUT2D eigenvalue weighted by Gasteiger charge is -2.08. The SMILES string of the molecule is Cn1cc(/C(Cc2ccccc2)=N\Nc2ccc([N+](=O)[O-])cc2[N+](=O)[O-])c2ccccc21. The summed E-state index contributed by atoms with van der Waals surface area (Å²) in [5.41, 5.74) is 5.70. The van der Waals surface area contributed by atoms with Crippen LogP contribution in [0.1, 0.15) is 11.1 Å². The third-order valence-corrected chi connectivity index (χ3v) is 5.12. The highest BCUT2D eigenvalue weighted by Crippen LogP contribution is 2.29. The molecule has 0 atom stereocenters. The standard InChI is InChI=1S/C23H19N5O4/c1-26-15-19(18-9-5-6-10-22(18)26)21(13-16-7-3-2-4-8-16)25-24-20-12-11-17(27(29)30)14-23(20)28(31)32/h2-12,14-15,24H,13H2,1H3/b25-21-. The number of aromatic nitrogens is 1. The molecule has 0 bridgehead atoms. The number of non-ortho nitro benzene ring substituents is 1. The van der Waals surface area contributed by atoms with Crippen LogP contribution in [0.4, 0.5) is 17.1 Å². The average Bonchev–Trinajstić information content (AvgIpc) is 3.13. The van der Waals surface area contributed by atoms with Crippen molar-refractivity contribution in [3.63, 3.8) is 0 Å². The first-order valence-electron chi connectivity index (χ1n) is 9.78. The molecule has 1 aromatic heterocycles. The fourth-order valence-corrected chi connectivity index (χ4v) is 3.56. The first-order valence-corrected chi connectivity index (χ1v) is 9.78. The molecule has 32 heavy (non-hydrogen) atoms. The van der Waals surface area contributed by atoms with E-state index in [-0.39, 0.29) is 11.4 Å². The molecule has 0 saturated carbocycles. The lowest BCUT2D eigenvalue weighted by molar-refractivity contribution is -0.393. The van der Waals surface area contributed by atoms with Crippen molar-refractivity contribution in [1.82, 2.24) is 4.57 Å². The second-order valence-electron chi connectivity index (χ2n) is 7.22. The van der Waals surface area contributed by atoms with Gasteiger partial charge in [-0.05, 0) is 17.7 Å². The molecule has 0 spiro atoms. The molecular formula is C23H19N5O4. The zero-order valence-corrected chi connectivity index (χ0v) is 17.1. The Hall–Kier alpha value is -4.53. The molecule has 0 aliphatic rings. The van der Waals surface area contributed by atoms with Crippen LogP contribution >= 0.6 is 0 Å². The van der Waals surface area contributed by atoms with Crippen LogP contribution in [0.5, 0.6) is 0 Å². The van der Waals surface area contributed by atoms with Crippen LogP contribution in [0.25, 0.3) is 10.9 Å². The van der Waals surface area contributed by atoms with Gasteiger partial charge in [-0.1, -0.05) is 48.5 Å². The van der Waals surface area contributed by atoms with Gasteiger partial charge >= 0.3 is 5.69 Å². The van der Waals surface area contributed by atoms with Crippen molar-refractivity contribution in [2.24, 2.45) is 12.1 Å². The van der Waals surface area contributed by atoms with Gasteiger partial charge in [-0.15, -0.1) is 0 Å². The average molecular weight is 429 g/mol. The summed E-state index contributed by atoms with van der Waals surface area (Å²) in [5, 5.41) is 28.0. The number of nitro benzene ring substituents is 2. The van der Waals surface area contributed by atoms with Crippen LogP contribution < -0.4 is 5.43 Å². The van der Waals surface area contributed by atoms with E-state index in [9.17, 15) is 20.2 Å². The number of hydrazone groups is 1. The van der Waals surface area contributed by atoms with Crippen LogP contribution in [0.3, 0.4) is 0 Å². The van der Waals surface area contributed by atoms with Gasteiger partial charge in [0.1, 0.15) is 5.69 Å².